The first-order valence-electron chi connectivity index (χ1n) is 5.86. The largest absolute Gasteiger partial charge is 0.443 e. The molecule has 1 aliphatic rings. The first-order valence-corrected chi connectivity index (χ1v) is 5.86. The molecule has 0 bridgehead atoms. The van der Waals surface area contributed by atoms with E-state index < -0.39 is 0 Å². The lowest BCUT2D eigenvalue weighted by atomic mass is 9.99. The maximum atomic E-state index is 11.1. The molecule has 0 aromatic carbocycles. The van der Waals surface area contributed by atoms with E-state index in [4.69, 9.17) is 9.47 Å². The molecule has 4 nitrogen and oxygen atoms in total. The molecule has 3 atom stereocenters. The van der Waals surface area contributed by atoms with Crippen molar-refractivity contribution in [3.63, 3.8) is 0 Å². The van der Waals surface area contributed by atoms with Crippen LogP contribution in [0.15, 0.2) is 12.7 Å². The van der Waals surface area contributed by atoms with Crippen molar-refractivity contribution in [1.29, 1.82) is 0 Å². The Morgan fingerprint density at radius 3 is 3.06 bits per heavy atom. The fourth-order valence-electron chi connectivity index (χ4n) is 1.67. The zero-order valence-electron chi connectivity index (χ0n) is 10.1. The summed E-state index contributed by atoms with van der Waals surface area (Å²) in [6.45, 7) is 9.06. The Morgan fingerprint density at radius 2 is 2.44 bits per heavy atom. The van der Waals surface area contributed by atoms with Crippen LogP contribution in [0.25, 0.3) is 0 Å². The van der Waals surface area contributed by atoms with Crippen molar-refractivity contribution in [3.05, 3.63) is 12.7 Å². The average Bonchev–Trinajstić information content (AvgIpc) is 2.65. The molecular formula is C12H21NO3. The smallest absolute Gasteiger partial charge is 0.407 e. The molecule has 1 aliphatic heterocycles. The third-order valence-corrected chi connectivity index (χ3v) is 2.77. The van der Waals surface area contributed by atoms with E-state index in [1.54, 1.807) is 6.08 Å². The highest BCUT2D eigenvalue weighted by atomic mass is 16.6. The summed E-state index contributed by atoms with van der Waals surface area (Å²) in [5.41, 5.74) is 0. The summed E-state index contributed by atoms with van der Waals surface area (Å²) in [4.78, 5) is 11.1. The normalized spacial score (nSPS) is 26.0. The van der Waals surface area contributed by atoms with E-state index >= 15 is 0 Å². The van der Waals surface area contributed by atoms with Gasteiger partial charge in [0.1, 0.15) is 6.10 Å². The molecule has 92 valence electrons. The Kier molecular flexibility index (Phi) is 5.32. The Balaban J connectivity index is 2.37. The van der Waals surface area contributed by atoms with Crippen molar-refractivity contribution in [3.8, 4) is 0 Å². The summed E-state index contributed by atoms with van der Waals surface area (Å²) in [5, 5.41) is 2.76. The first-order chi connectivity index (χ1) is 7.69. The van der Waals surface area contributed by atoms with Crippen LogP contribution in [-0.2, 0) is 9.47 Å². The molecule has 4 heteroatoms. The number of nitrogens with one attached hydrogen (secondary N) is 1. The first kappa shape index (κ1) is 13.0. The molecule has 1 heterocycles. The minimum atomic E-state index is -0.359. The standard InChI is InChI=1S/C12H21NO3/c1-4-6-7-15-8-10-11(9(3)5-2)16-12(14)13-10/h5,9-11H,2,4,6-8H2,1,3H3,(H,13,14)/t9?,10-,11?/m1/s1. The summed E-state index contributed by atoms with van der Waals surface area (Å²) >= 11 is 0. The number of carbonyl (C=O) groups is 1. The monoisotopic (exact) mass is 227 g/mol. The quantitative estimate of drug-likeness (QED) is 0.535. The molecule has 1 fully saturated rings. The number of hydrogen-bond donors (Lipinski definition) is 1. The van der Waals surface area contributed by atoms with E-state index in [9.17, 15) is 4.79 Å². The van der Waals surface area contributed by atoms with Crippen molar-refractivity contribution in [2.75, 3.05) is 13.2 Å². The number of ether oxygens (including phenoxy) is 2. The molecule has 2 unspecified atom stereocenters. The van der Waals surface area contributed by atoms with Gasteiger partial charge < -0.3 is 14.8 Å². The maximum Gasteiger partial charge on any atom is 0.407 e. The van der Waals surface area contributed by atoms with Crippen LogP contribution in [0.1, 0.15) is 26.7 Å². The molecule has 0 saturated carbocycles. The molecule has 0 radical (unpaired) electrons. The predicted octanol–water partition coefficient (Wildman–Crippen LogP) is 2.10. The number of rotatable bonds is 7. The molecule has 0 aromatic heterocycles. The lowest BCUT2D eigenvalue weighted by molar-refractivity contribution is 0.0647. The summed E-state index contributed by atoms with van der Waals surface area (Å²) in [6.07, 6.45) is 3.43. The Labute approximate surface area is 97.0 Å². The van der Waals surface area contributed by atoms with Crippen LogP contribution in [-0.4, -0.2) is 31.5 Å². The molecule has 16 heavy (non-hydrogen) atoms. The predicted molar refractivity (Wildman–Crippen MR) is 62.3 cm³/mol. The zero-order valence-corrected chi connectivity index (χ0v) is 10.1. The van der Waals surface area contributed by atoms with E-state index in [0.29, 0.717) is 6.61 Å². The van der Waals surface area contributed by atoms with Gasteiger partial charge in [0.05, 0.1) is 12.6 Å². The van der Waals surface area contributed by atoms with Gasteiger partial charge in [-0.3, -0.25) is 0 Å². The molecular weight excluding hydrogens is 206 g/mol. The van der Waals surface area contributed by atoms with Crippen LogP contribution in [0.2, 0.25) is 0 Å². The average molecular weight is 227 g/mol. The number of unbranched alkanes of at least 4 members (excludes halogenated alkanes) is 1. The van der Waals surface area contributed by atoms with Gasteiger partial charge in [0.15, 0.2) is 0 Å². The van der Waals surface area contributed by atoms with E-state index in [1.807, 2.05) is 6.92 Å². The zero-order chi connectivity index (χ0) is 12.0. The van der Waals surface area contributed by atoms with Gasteiger partial charge in [-0.15, -0.1) is 6.58 Å². The third kappa shape index (κ3) is 3.52. The summed E-state index contributed by atoms with van der Waals surface area (Å²) in [7, 11) is 0. The van der Waals surface area contributed by atoms with Crippen molar-refractivity contribution in [2.45, 2.75) is 38.8 Å². The number of amides is 1. The van der Waals surface area contributed by atoms with E-state index in [1.165, 1.54) is 0 Å². The molecule has 1 saturated heterocycles. The van der Waals surface area contributed by atoms with Gasteiger partial charge in [0.25, 0.3) is 0 Å². The SMILES string of the molecule is C=CC(C)C1OC(=O)N[C@@H]1COCCCC. The summed E-state index contributed by atoms with van der Waals surface area (Å²) in [5.74, 6) is 0.138. The molecule has 0 aliphatic carbocycles. The number of alkyl carbamates (subject to hydrolysis) is 1. The fourth-order valence-corrected chi connectivity index (χ4v) is 1.67. The Bertz CT molecular complexity index is 242. The van der Waals surface area contributed by atoms with Gasteiger partial charge in [-0.1, -0.05) is 26.3 Å². The fraction of sp³-hybridized carbons (Fsp3) is 0.750. The minimum absolute atomic E-state index is 0.0580. The van der Waals surface area contributed by atoms with Crippen molar-refractivity contribution < 1.29 is 14.3 Å². The molecule has 1 amide bonds. The highest BCUT2D eigenvalue weighted by molar-refractivity contribution is 5.70. The van der Waals surface area contributed by atoms with Crippen LogP contribution in [0, 0.1) is 5.92 Å². The number of hydrogen-bond acceptors (Lipinski definition) is 3. The second-order valence-electron chi connectivity index (χ2n) is 4.14. The van der Waals surface area contributed by atoms with Crippen molar-refractivity contribution in [1.82, 2.24) is 5.32 Å². The summed E-state index contributed by atoms with van der Waals surface area (Å²) < 4.78 is 10.7. The second-order valence-corrected chi connectivity index (χ2v) is 4.14. The van der Waals surface area contributed by atoms with E-state index in [0.717, 1.165) is 19.4 Å². The lowest BCUT2D eigenvalue weighted by Crippen LogP contribution is -2.38. The Morgan fingerprint density at radius 1 is 1.69 bits per heavy atom. The minimum Gasteiger partial charge on any atom is -0.443 e. The molecule has 1 N–H and O–H groups in total. The highest BCUT2D eigenvalue weighted by Crippen LogP contribution is 2.18. The van der Waals surface area contributed by atoms with Crippen LogP contribution < -0.4 is 5.32 Å². The Hall–Kier alpha value is -1.03. The lowest BCUT2D eigenvalue weighted by Gasteiger charge is -2.20. The molecule has 0 spiro atoms. The highest BCUT2D eigenvalue weighted by Gasteiger charge is 2.36. The van der Waals surface area contributed by atoms with Crippen molar-refractivity contribution >= 4 is 6.09 Å². The van der Waals surface area contributed by atoms with Gasteiger partial charge >= 0.3 is 6.09 Å². The van der Waals surface area contributed by atoms with Crippen LogP contribution in [0.5, 0.6) is 0 Å². The number of carbonyl (C=O) groups excluding carboxylic acids is 1. The van der Waals surface area contributed by atoms with E-state index in [2.05, 4.69) is 18.8 Å². The van der Waals surface area contributed by atoms with Crippen molar-refractivity contribution in [2.24, 2.45) is 5.92 Å². The molecule has 0 aromatic rings. The van der Waals surface area contributed by atoms with E-state index in [-0.39, 0.29) is 24.2 Å². The van der Waals surface area contributed by atoms with Gasteiger partial charge in [0.2, 0.25) is 0 Å². The third-order valence-electron chi connectivity index (χ3n) is 2.77. The van der Waals surface area contributed by atoms with Crippen LogP contribution in [0.4, 0.5) is 4.79 Å². The number of cyclic esters (lactones) is 1. The van der Waals surface area contributed by atoms with Gasteiger partial charge in [-0.2, -0.15) is 0 Å². The van der Waals surface area contributed by atoms with Gasteiger partial charge in [-0.25, -0.2) is 4.79 Å². The topological polar surface area (TPSA) is 47.6 Å². The second kappa shape index (κ2) is 6.53. The molecule has 1 rings (SSSR count). The van der Waals surface area contributed by atoms with Crippen LogP contribution >= 0.6 is 0 Å². The van der Waals surface area contributed by atoms with Gasteiger partial charge in [-0.05, 0) is 6.42 Å². The van der Waals surface area contributed by atoms with Gasteiger partial charge in [0, 0.05) is 12.5 Å². The maximum absolute atomic E-state index is 11.1. The van der Waals surface area contributed by atoms with Crippen LogP contribution in [0.3, 0.4) is 0 Å². The summed E-state index contributed by atoms with van der Waals surface area (Å²) in [6, 6.07) is -0.0580.